The van der Waals surface area contributed by atoms with Crippen LogP contribution in [0, 0.1) is 32.6 Å². The average molecular weight is 295 g/mol. The lowest BCUT2D eigenvalue weighted by atomic mass is 9.94. The highest BCUT2D eigenvalue weighted by atomic mass is 32.2. The van der Waals surface area contributed by atoms with Crippen molar-refractivity contribution < 1.29 is 8.42 Å². The highest BCUT2D eigenvalue weighted by Gasteiger charge is 2.32. The number of sulfonamides is 1. The summed E-state index contributed by atoms with van der Waals surface area (Å²) >= 11 is 0. The van der Waals surface area contributed by atoms with E-state index in [0.717, 1.165) is 23.1 Å². The van der Waals surface area contributed by atoms with Gasteiger partial charge in [0.2, 0.25) is 10.0 Å². The smallest absolute Gasteiger partial charge is 0.207 e. The van der Waals surface area contributed by atoms with Gasteiger partial charge in [0.05, 0.1) is 4.90 Å². The van der Waals surface area contributed by atoms with Gasteiger partial charge >= 0.3 is 0 Å². The SMILES string of the molecule is Cc1ccc(S(=O)(=O)N2CC(C)CC(C)C2)c(C)c1C. The van der Waals surface area contributed by atoms with Crippen LogP contribution in [0.1, 0.15) is 37.0 Å². The molecule has 20 heavy (non-hydrogen) atoms. The summed E-state index contributed by atoms with van der Waals surface area (Å²) in [6.45, 7) is 11.5. The molecule has 1 heterocycles. The van der Waals surface area contributed by atoms with E-state index in [1.807, 2.05) is 26.8 Å². The zero-order chi connectivity index (χ0) is 15.1. The molecule has 0 spiro atoms. The second-order valence-electron chi connectivity index (χ2n) is 6.40. The molecule has 0 aromatic heterocycles. The Labute approximate surface area is 123 Å². The van der Waals surface area contributed by atoms with Gasteiger partial charge in [-0.3, -0.25) is 0 Å². The number of hydrogen-bond acceptors (Lipinski definition) is 2. The van der Waals surface area contributed by atoms with Crippen molar-refractivity contribution in [3.63, 3.8) is 0 Å². The Morgan fingerprint density at radius 1 is 1.00 bits per heavy atom. The van der Waals surface area contributed by atoms with Crippen LogP contribution in [0.3, 0.4) is 0 Å². The number of piperidine rings is 1. The van der Waals surface area contributed by atoms with Gasteiger partial charge in [-0.15, -0.1) is 0 Å². The van der Waals surface area contributed by atoms with Gasteiger partial charge in [0, 0.05) is 13.1 Å². The fourth-order valence-electron chi connectivity index (χ4n) is 3.15. The minimum absolute atomic E-state index is 0.431. The number of hydrogen-bond donors (Lipinski definition) is 0. The van der Waals surface area contributed by atoms with Crippen molar-refractivity contribution >= 4 is 10.0 Å². The van der Waals surface area contributed by atoms with Crippen LogP contribution in [0.5, 0.6) is 0 Å². The van der Waals surface area contributed by atoms with E-state index in [0.29, 0.717) is 29.8 Å². The van der Waals surface area contributed by atoms with E-state index in [1.54, 1.807) is 10.4 Å². The van der Waals surface area contributed by atoms with Gasteiger partial charge in [-0.05, 0) is 61.8 Å². The summed E-state index contributed by atoms with van der Waals surface area (Å²) in [7, 11) is -3.36. The Balaban J connectivity index is 2.43. The third-order valence-electron chi connectivity index (χ3n) is 4.46. The first-order valence-corrected chi connectivity index (χ1v) is 8.74. The highest BCUT2D eigenvalue weighted by molar-refractivity contribution is 7.89. The van der Waals surface area contributed by atoms with Gasteiger partial charge in [0.1, 0.15) is 0 Å². The Kier molecular flexibility index (Phi) is 4.26. The molecule has 1 aromatic carbocycles. The quantitative estimate of drug-likeness (QED) is 0.839. The number of benzene rings is 1. The van der Waals surface area contributed by atoms with Crippen LogP contribution in [-0.2, 0) is 10.0 Å². The molecule has 3 nitrogen and oxygen atoms in total. The van der Waals surface area contributed by atoms with Gasteiger partial charge in [-0.2, -0.15) is 4.31 Å². The van der Waals surface area contributed by atoms with Gasteiger partial charge in [-0.25, -0.2) is 8.42 Å². The fraction of sp³-hybridized carbons (Fsp3) is 0.625. The first-order valence-electron chi connectivity index (χ1n) is 7.30. The molecule has 0 aliphatic carbocycles. The molecule has 1 aliphatic rings. The van der Waals surface area contributed by atoms with E-state index in [-0.39, 0.29) is 0 Å². The molecule has 2 rings (SSSR count). The van der Waals surface area contributed by atoms with Crippen molar-refractivity contribution in [3.8, 4) is 0 Å². The molecule has 0 bridgehead atoms. The molecule has 0 radical (unpaired) electrons. The third kappa shape index (κ3) is 2.77. The lowest BCUT2D eigenvalue weighted by Crippen LogP contribution is -2.42. The predicted octanol–water partition coefficient (Wildman–Crippen LogP) is 3.28. The highest BCUT2D eigenvalue weighted by Crippen LogP contribution is 2.29. The summed E-state index contributed by atoms with van der Waals surface area (Å²) in [4.78, 5) is 0.474. The third-order valence-corrected chi connectivity index (χ3v) is 6.44. The first-order chi connectivity index (χ1) is 9.23. The lowest BCUT2D eigenvalue weighted by molar-refractivity contribution is 0.222. The standard InChI is InChI=1S/C16H25NO2S/c1-11-8-12(2)10-17(9-11)20(18,19)16-7-6-13(3)14(4)15(16)5/h6-7,11-12H,8-10H2,1-5H3. The molecular formula is C16H25NO2S. The molecule has 1 aliphatic heterocycles. The van der Waals surface area contributed by atoms with Crippen LogP contribution < -0.4 is 0 Å². The minimum Gasteiger partial charge on any atom is -0.207 e. The van der Waals surface area contributed by atoms with E-state index in [4.69, 9.17) is 0 Å². The Hall–Kier alpha value is -0.870. The molecule has 4 heteroatoms. The Morgan fingerprint density at radius 3 is 2.10 bits per heavy atom. The van der Waals surface area contributed by atoms with E-state index in [2.05, 4.69) is 13.8 Å². The van der Waals surface area contributed by atoms with E-state index in [9.17, 15) is 8.42 Å². The second-order valence-corrected chi connectivity index (χ2v) is 8.31. The normalized spacial score (nSPS) is 24.9. The maximum absolute atomic E-state index is 12.9. The molecule has 0 saturated carbocycles. The maximum Gasteiger partial charge on any atom is 0.243 e. The van der Waals surface area contributed by atoms with Crippen LogP contribution in [0.25, 0.3) is 0 Å². The molecule has 1 aromatic rings. The molecule has 1 fully saturated rings. The van der Waals surface area contributed by atoms with Crippen LogP contribution in [0.4, 0.5) is 0 Å². The van der Waals surface area contributed by atoms with Gasteiger partial charge in [0.15, 0.2) is 0 Å². The van der Waals surface area contributed by atoms with Crippen molar-refractivity contribution in [1.82, 2.24) is 4.31 Å². The molecular weight excluding hydrogens is 270 g/mol. The minimum atomic E-state index is -3.36. The fourth-order valence-corrected chi connectivity index (χ4v) is 5.11. The average Bonchev–Trinajstić information content (AvgIpc) is 2.34. The summed E-state index contributed by atoms with van der Waals surface area (Å²) in [5.74, 6) is 0.862. The number of rotatable bonds is 2. The molecule has 1 saturated heterocycles. The maximum atomic E-state index is 12.9. The number of nitrogens with zero attached hydrogens (tertiary/aromatic N) is 1. The van der Waals surface area contributed by atoms with E-state index >= 15 is 0 Å². The molecule has 112 valence electrons. The zero-order valence-corrected chi connectivity index (χ0v) is 13.9. The topological polar surface area (TPSA) is 37.4 Å². The van der Waals surface area contributed by atoms with Crippen LogP contribution in [0.15, 0.2) is 17.0 Å². The van der Waals surface area contributed by atoms with Gasteiger partial charge in [0.25, 0.3) is 0 Å². The van der Waals surface area contributed by atoms with Crippen molar-refractivity contribution in [1.29, 1.82) is 0 Å². The van der Waals surface area contributed by atoms with E-state index in [1.165, 1.54) is 0 Å². The monoisotopic (exact) mass is 295 g/mol. The summed E-state index contributed by atoms with van der Waals surface area (Å²) < 4.78 is 27.4. The largest absolute Gasteiger partial charge is 0.243 e. The van der Waals surface area contributed by atoms with Crippen molar-refractivity contribution in [2.45, 2.75) is 45.9 Å². The molecule has 0 N–H and O–H groups in total. The predicted molar refractivity (Wildman–Crippen MR) is 82.4 cm³/mol. The Bertz CT molecular complexity index is 597. The van der Waals surface area contributed by atoms with Crippen molar-refractivity contribution in [2.24, 2.45) is 11.8 Å². The number of aryl methyl sites for hydroxylation is 1. The Morgan fingerprint density at radius 2 is 1.55 bits per heavy atom. The van der Waals surface area contributed by atoms with Crippen molar-refractivity contribution in [2.75, 3.05) is 13.1 Å². The summed E-state index contributed by atoms with van der Waals surface area (Å²) in [6, 6.07) is 3.67. The van der Waals surface area contributed by atoms with Gasteiger partial charge in [-0.1, -0.05) is 19.9 Å². The summed E-state index contributed by atoms with van der Waals surface area (Å²) in [5.41, 5.74) is 3.10. The van der Waals surface area contributed by atoms with E-state index < -0.39 is 10.0 Å². The van der Waals surface area contributed by atoms with Crippen molar-refractivity contribution in [3.05, 3.63) is 28.8 Å². The van der Waals surface area contributed by atoms with Crippen LogP contribution in [-0.4, -0.2) is 25.8 Å². The first kappa shape index (κ1) is 15.5. The van der Waals surface area contributed by atoms with Crippen LogP contribution in [0.2, 0.25) is 0 Å². The zero-order valence-electron chi connectivity index (χ0n) is 13.1. The molecule has 0 amide bonds. The summed E-state index contributed by atoms with van der Waals surface area (Å²) in [6.07, 6.45) is 1.11. The van der Waals surface area contributed by atoms with Gasteiger partial charge < -0.3 is 0 Å². The van der Waals surface area contributed by atoms with Crippen LogP contribution >= 0.6 is 0 Å². The summed E-state index contributed by atoms with van der Waals surface area (Å²) in [5, 5.41) is 0. The molecule has 2 unspecified atom stereocenters. The second kappa shape index (κ2) is 5.49. The lowest BCUT2D eigenvalue weighted by Gasteiger charge is -2.34. The molecule has 2 atom stereocenters.